The molecule has 1 N–H and O–H groups in total. The predicted molar refractivity (Wildman–Crippen MR) is 62.8 cm³/mol. The number of nitriles is 1. The van der Waals surface area contributed by atoms with Crippen LogP contribution in [0.25, 0.3) is 0 Å². The lowest BCUT2D eigenvalue weighted by Gasteiger charge is -2.14. The second-order valence-electron chi connectivity index (χ2n) is 3.63. The Morgan fingerprint density at radius 3 is 2.81 bits per heavy atom. The van der Waals surface area contributed by atoms with Gasteiger partial charge in [0.05, 0.1) is 17.3 Å². The third-order valence-corrected chi connectivity index (χ3v) is 2.45. The highest BCUT2D eigenvalue weighted by Gasteiger charge is 2.02. The SMILES string of the molecule is CCN(C)CCNc1ccc(C#N)cc1F. The highest BCUT2D eigenvalue weighted by Crippen LogP contribution is 2.14. The fourth-order valence-corrected chi connectivity index (χ4v) is 1.27. The first kappa shape index (κ1) is 12.5. The number of halogens is 1. The molecule has 0 radical (unpaired) electrons. The van der Waals surface area contributed by atoms with Crippen molar-refractivity contribution in [3.05, 3.63) is 29.6 Å². The Balaban J connectivity index is 2.52. The van der Waals surface area contributed by atoms with Gasteiger partial charge in [0.2, 0.25) is 0 Å². The van der Waals surface area contributed by atoms with Crippen molar-refractivity contribution >= 4 is 5.69 Å². The third-order valence-electron chi connectivity index (χ3n) is 2.45. The number of nitrogens with one attached hydrogen (secondary N) is 1. The van der Waals surface area contributed by atoms with Gasteiger partial charge in [-0.05, 0) is 31.8 Å². The van der Waals surface area contributed by atoms with E-state index in [4.69, 9.17) is 5.26 Å². The van der Waals surface area contributed by atoms with Gasteiger partial charge >= 0.3 is 0 Å². The topological polar surface area (TPSA) is 39.1 Å². The maximum atomic E-state index is 13.4. The molecule has 0 aliphatic heterocycles. The monoisotopic (exact) mass is 221 g/mol. The molecular formula is C12H16FN3. The van der Waals surface area contributed by atoms with Crippen molar-refractivity contribution in [2.45, 2.75) is 6.92 Å². The minimum Gasteiger partial charge on any atom is -0.381 e. The Morgan fingerprint density at radius 1 is 1.50 bits per heavy atom. The number of benzene rings is 1. The molecule has 0 aliphatic carbocycles. The minimum absolute atomic E-state index is 0.341. The molecule has 0 atom stereocenters. The zero-order valence-corrected chi connectivity index (χ0v) is 9.63. The molecule has 0 aromatic heterocycles. The smallest absolute Gasteiger partial charge is 0.147 e. The minimum atomic E-state index is -0.377. The van der Waals surface area contributed by atoms with Gasteiger partial charge < -0.3 is 10.2 Å². The quantitative estimate of drug-likeness (QED) is 0.827. The second kappa shape index (κ2) is 6.09. The first-order valence-electron chi connectivity index (χ1n) is 5.29. The van der Waals surface area contributed by atoms with Crippen LogP contribution in [-0.2, 0) is 0 Å². The standard InChI is InChI=1S/C12H16FN3/c1-3-16(2)7-6-15-12-5-4-10(9-14)8-11(12)13/h4-5,8,15H,3,6-7H2,1-2H3. The Labute approximate surface area is 95.5 Å². The molecule has 1 aromatic carbocycles. The van der Waals surface area contributed by atoms with Gasteiger partial charge in [0.15, 0.2) is 0 Å². The molecule has 0 heterocycles. The van der Waals surface area contributed by atoms with E-state index in [0.717, 1.165) is 13.1 Å². The van der Waals surface area contributed by atoms with Gasteiger partial charge in [-0.25, -0.2) is 4.39 Å². The molecule has 0 saturated carbocycles. The molecule has 16 heavy (non-hydrogen) atoms. The van der Waals surface area contributed by atoms with Crippen LogP contribution in [0.3, 0.4) is 0 Å². The molecule has 0 amide bonds. The molecule has 3 nitrogen and oxygen atoms in total. The molecule has 1 aromatic rings. The van der Waals surface area contributed by atoms with E-state index in [-0.39, 0.29) is 5.82 Å². The first-order chi connectivity index (χ1) is 7.67. The van der Waals surface area contributed by atoms with E-state index in [1.165, 1.54) is 6.07 Å². The van der Waals surface area contributed by atoms with E-state index in [9.17, 15) is 4.39 Å². The third kappa shape index (κ3) is 3.52. The lowest BCUT2D eigenvalue weighted by molar-refractivity contribution is 0.367. The lowest BCUT2D eigenvalue weighted by Crippen LogP contribution is -2.24. The summed E-state index contributed by atoms with van der Waals surface area (Å²) in [6, 6.07) is 6.35. The predicted octanol–water partition coefficient (Wildman–Crippen LogP) is 2.06. The summed E-state index contributed by atoms with van der Waals surface area (Å²) in [7, 11) is 2.01. The van der Waals surface area contributed by atoms with Crippen molar-refractivity contribution in [3.8, 4) is 6.07 Å². The van der Waals surface area contributed by atoms with Gasteiger partial charge in [0.25, 0.3) is 0 Å². The summed E-state index contributed by atoms with van der Waals surface area (Å²) >= 11 is 0. The van der Waals surface area contributed by atoms with E-state index < -0.39 is 0 Å². The van der Waals surface area contributed by atoms with Crippen molar-refractivity contribution in [2.24, 2.45) is 0 Å². The van der Waals surface area contributed by atoms with Crippen LogP contribution in [-0.4, -0.2) is 31.6 Å². The summed E-state index contributed by atoms with van der Waals surface area (Å²) in [6.45, 7) is 4.59. The number of anilines is 1. The number of nitrogens with zero attached hydrogens (tertiary/aromatic N) is 2. The summed E-state index contributed by atoms with van der Waals surface area (Å²) in [5.74, 6) is -0.377. The van der Waals surface area contributed by atoms with Crippen LogP contribution in [0.15, 0.2) is 18.2 Å². The molecule has 0 aliphatic rings. The van der Waals surface area contributed by atoms with E-state index in [1.807, 2.05) is 13.1 Å². The van der Waals surface area contributed by atoms with Gasteiger partial charge in [-0.15, -0.1) is 0 Å². The zero-order valence-electron chi connectivity index (χ0n) is 9.63. The molecule has 1 rings (SSSR count). The zero-order chi connectivity index (χ0) is 12.0. The van der Waals surface area contributed by atoms with Crippen LogP contribution in [0.5, 0.6) is 0 Å². The fourth-order valence-electron chi connectivity index (χ4n) is 1.27. The molecular weight excluding hydrogens is 205 g/mol. The van der Waals surface area contributed by atoms with Crippen molar-refractivity contribution in [1.82, 2.24) is 4.90 Å². The van der Waals surface area contributed by atoms with Crippen molar-refractivity contribution < 1.29 is 4.39 Å². The van der Waals surface area contributed by atoms with Crippen LogP contribution in [0.4, 0.5) is 10.1 Å². The molecule has 86 valence electrons. The molecule has 0 bridgehead atoms. The maximum Gasteiger partial charge on any atom is 0.147 e. The van der Waals surface area contributed by atoms with Gasteiger partial charge in [-0.1, -0.05) is 6.92 Å². The summed E-state index contributed by atoms with van der Waals surface area (Å²) < 4.78 is 13.4. The van der Waals surface area contributed by atoms with Crippen molar-refractivity contribution in [3.63, 3.8) is 0 Å². The summed E-state index contributed by atoms with van der Waals surface area (Å²) in [6.07, 6.45) is 0. The van der Waals surface area contributed by atoms with E-state index in [2.05, 4.69) is 17.1 Å². The van der Waals surface area contributed by atoms with Crippen LogP contribution >= 0.6 is 0 Å². The molecule has 0 unspecified atom stereocenters. The Morgan fingerprint density at radius 2 is 2.25 bits per heavy atom. The van der Waals surface area contributed by atoms with Crippen LogP contribution < -0.4 is 5.32 Å². The Bertz CT molecular complexity index is 384. The normalized spacial score (nSPS) is 10.2. The fraction of sp³-hybridized carbons (Fsp3) is 0.417. The summed E-state index contributed by atoms with van der Waals surface area (Å²) in [5.41, 5.74) is 0.789. The molecule has 0 spiro atoms. The molecule has 0 saturated heterocycles. The average Bonchev–Trinajstić information content (AvgIpc) is 2.30. The Kier molecular flexibility index (Phi) is 4.74. The van der Waals surface area contributed by atoms with Crippen molar-refractivity contribution in [1.29, 1.82) is 5.26 Å². The highest BCUT2D eigenvalue weighted by atomic mass is 19.1. The maximum absolute atomic E-state index is 13.4. The number of hydrogen-bond donors (Lipinski definition) is 1. The number of rotatable bonds is 5. The van der Waals surface area contributed by atoms with Crippen LogP contribution in [0, 0.1) is 17.1 Å². The Hall–Kier alpha value is -1.60. The van der Waals surface area contributed by atoms with Gasteiger partial charge in [0.1, 0.15) is 5.82 Å². The van der Waals surface area contributed by atoms with E-state index >= 15 is 0 Å². The first-order valence-corrected chi connectivity index (χ1v) is 5.29. The van der Waals surface area contributed by atoms with Crippen LogP contribution in [0.1, 0.15) is 12.5 Å². The van der Waals surface area contributed by atoms with Gasteiger partial charge in [0, 0.05) is 13.1 Å². The second-order valence-corrected chi connectivity index (χ2v) is 3.63. The number of likely N-dealkylation sites (N-methyl/N-ethyl adjacent to an activating group) is 1. The molecule has 4 heteroatoms. The molecule has 0 fully saturated rings. The van der Waals surface area contributed by atoms with E-state index in [0.29, 0.717) is 17.8 Å². The van der Waals surface area contributed by atoms with Crippen molar-refractivity contribution in [2.75, 3.05) is 32.0 Å². The average molecular weight is 221 g/mol. The van der Waals surface area contributed by atoms with Crippen LogP contribution in [0.2, 0.25) is 0 Å². The largest absolute Gasteiger partial charge is 0.381 e. The highest BCUT2D eigenvalue weighted by molar-refractivity contribution is 5.48. The summed E-state index contributed by atoms with van der Waals surface area (Å²) in [5, 5.41) is 11.6. The number of hydrogen-bond acceptors (Lipinski definition) is 3. The van der Waals surface area contributed by atoms with Gasteiger partial charge in [-0.3, -0.25) is 0 Å². The lowest BCUT2D eigenvalue weighted by atomic mass is 10.2. The van der Waals surface area contributed by atoms with E-state index in [1.54, 1.807) is 12.1 Å². The van der Waals surface area contributed by atoms with Gasteiger partial charge in [-0.2, -0.15) is 5.26 Å². The summed E-state index contributed by atoms with van der Waals surface area (Å²) in [4.78, 5) is 2.13.